The summed E-state index contributed by atoms with van der Waals surface area (Å²) < 4.78 is 0. The quantitative estimate of drug-likeness (QED) is 0.308. The molecule has 0 N–H and O–H groups in total. The van der Waals surface area contributed by atoms with E-state index >= 15 is 0 Å². The Morgan fingerprint density at radius 2 is 0.231 bits per heavy atom. The fourth-order valence-electron chi connectivity index (χ4n) is 0. The summed E-state index contributed by atoms with van der Waals surface area (Å²) in [5, 5.41) is 0. The van der Waals surface area contributed by atoms with Crippen LogP contribution in [0.5, 0.6) is 0 Å². The molecule has 0 atom stereocenters. The molecule has 0 aromatic carbocycles. The minimum absolute atomic E-state index is 0. The molecule has 0 aliphatic heterocycles. The molecule has 0 spiro atoms. The Hall–Kier alpha value is 1.98. The van der Waals surface area contributed by atoms with E-state index in [0.29, 0.717) is 0 Å². The van der Waals surface area contributed by atoms with Gasteiger partial charge in [0, 0.05) is 0 Å². The Bertz CT molecular complexity index is 15.6. The maximum absolute atomic E-state index is 0. The Labute approximate surface area is 123 Å². The number of hydrogen-bond acceptors (Lipinski definition) is 0. The van der Waals surface area contributed by atoms with Gasteiger partial charge in [-0.3, -0.25) is 0 Å². The van der Waals surface area contributed by atoms with Crippen LogP contribution in [0.15, 0.2) is 0 Å². The van der Waals surface area contributed by atoms with Crippen molar-refractivity contribution in [1.82, 2.24) is 0 Å². The van der Waals surface area contributed by atoms with Crippen LogP contribution in [0.25, 0.3) is 0 Å². The van der Waals surface area contributed by atoms with Crippen LogP contribution in [0.1, 0.15) is 0 Å². The second-order valence-electron chi connectivity index (χ2n) is 0. The molecule has 86 valence electrons. The van der Waals surface area contributed by atoms with Gasteiger partial charge in [0.15, 0.2) is 0 Å². The summed E-state index contributed by atoms with van der Waals surface area (Å²) in [5.74, 6) is 0. The molecular weight excluding hydrogens is 634 g/mol. The van der Waals surface area contributed by atoms with Crippen molar-refractivity contribution >= 4 is 0 Å². The van der Waals surface area contributed by atoms with Crippen LogP contribution in [0, 0.1) is 0 Å². The minimum atomic E-state index is 0. The normalized spacial score (nSPS) is 0. The average Bonchev–Trinajstić information content (AvgIpc) is 0. The van der Waals surface area contributed by atoms with E-state index < -0.39 is 0 Å². The molecule has 0 aromatic heterocycles. The molecule has 0 amide bonds. The molecule has 2 radical (unpaired) electrons. The van der Waals surface area contributed by atoms with Gasteiger partial charge in [-0.1, -0.05) is 0 Å². The van der Waals surface area contributed by atoms with Crippen LogP contribution >= 0.6 is 0 Å². The molecule has 0 saturated heterocycles. The van der Waals surface area contributed by atoms with E-state index in [1.54, 1.807) is 0 Å². The van der Waals surface area contributed by atoms with Crippen molar-refractivity contribution in [2.45, 2.75) is 0 Å². The van der Waals surface area contributed by atoms with Gasteiger partial charge in [0.05, 0.1) is 0 Å². The van der Waals surface area contributed by atoms with E-state index in [1.807, 2.05) is 0 Å². The molecule has 0 heterocycles. The Morgan fingerprint density at radius 1 is 0.231 bits per heavy atom. The zero-order valence-electron chi connectivity index (χ0n) is 5.10. The third-order valence-electron chi connectivity index (χ3n) is 0. The van der Waals surface area contributed by atoms with Crippen molar-refractivity contribution < 1.29 is 124 Å². The van der Waals surface area contributed by atoms with Gasteiger partial charge in [0.25, 0.3) is 0 Å². The first kappa shape index (κ1) is 748. The van der Waals surface area contributed by atoms with Gasteiger partial charge in [0.1, 0.15) is 0 Å². The standard InChI is InChI=1S/2Co.9O.2Re/q2*+2;9*-2;2*+7. The van der Waals surface area contributed by atoms with Gasteiger partial charge < -0.3 is 49.3 Å². The largest absolute Gasteiger partial charge is 7.00 e. The third kappa shape index (κ3) is 513. The zero-order valence-corrected chi connectivity index (χ0v) is 12.6. The summed E-state index contributed by atoms with van der Waals surface area (Å²) in [6, 6.07) is 0. The van der Waals surface area contributed by atoms with Crippen molar-refractivity contribution in [2.24, 2.45) is 0 Å². The Balaban J connectivity index is 0. The topological polar surface area (TPSA) is 256 Å². The SMILES string of the molecule is [Co+2].[Co+2].[O-2].[O-2].[O-2].[O-2].[O-2].[O-2].[O-2].[O-2].[O-2].[Re+7].[Re+7]. The molecule has 0 aromatic rings. The van der Waals surface area contributed by atoms with Gasteiger partial charge in [-0.2, -0.15) is 0 Å². The molecule has 0 saturated carbocycles. The van der Waals surface area contributed by atoms with Crippen molar-refractivity contribution in [3.8, 4) is 0 Å². The maximum atomic E-state index is 0. The van der Waals surface area contributed by atoms with Crippen molar-refractivity contribution in [3.05, 3.63) is 0 Å². The summed E-state index contributed by atoms with van der Waals surface area (Å²) in [6.07, 6.45) is 0. The van der Waals surface area contributed by atoms with Crippen LogP contribution < -0.4 is 0 Å². The van der Waals surface area contributed by atoms with E-state index in [2.05, 4.69) is 0 Å². The summed E-state index contributed by atoms with van der Waals surface area (Å²) in [6.45, 7) is 0. The summed E-state index contributed by atoms with van der Waals surface area (Å²) in [7, 11) is 0. The molecule has 0 rings (SSSR count). The van der Waals surface area contributed by atoms with Crippen molar-refractivity contribution in [2.75, 3.05) is 0 Å². The van der Waals surface area contributed by atoms with E-state index in [9.17, 15) is 0 Å². The summed E-state index contributed by atoms with van der Waals surface area (Å²) >= 11 is 0. The van der Waals surface area contributed by atoms with E-state index in [-0.39, 0.29) is 124 Å². The minimum Gasteiger partial charge on any atom is -2.00 e. The summed E-state index contributed by atoms with van der Waals surface area (Å²) in [4.78, 5) is 0. The van der Waals surface area contributed by atoms with E-state index in [0.717, 1.165) is 0 Å². The first-order chi connectivity index (χ1) is 0. The molecule has 13 heteroatoms. The Morgan fingerprint density at radius 3 is 0.231 bits per heavy atom. The first-order valence-corrected chi connectivity index (χ1v) is 0. The van der Waals surface area contributed by atoms with Gasteiger partial charge in [0.2, 0.25) is 0 Å². The Kier molecular flexibility index (Phi) is 34600. The molecule has 0 aliphatic carbocycles. The van der Waals surface area contributed by atoms with Crippen molar-refractivity contribution in [3.63, 3.8) is 0 Å². The summed E-state index contributed by atoms with van der Waals surface area (Å²) in [5.41, 5.74) is 0. The smallest absolute Gasteiger partial charge is 2.00 e. The van der Waals surface area contributed by atoms with Gasteiger partial charge >= 0.3 is 74.4 Å². The molecule has 13 heavy (non-hydrogen) atoms. The van der Waals surface area contributed by atoms with E-state index in [4.69, 9.17) is 0 Å². The monoisotopic (exact) mass is 636 g/mol. The average molecular weight is 634 g/mol. The molecule has 0 unspecified atom stereocenters. The maximum Gasteiger partial charge on any atom is 7.00 e. The van der Waals surface area contributed by atoms with Crippen LogP contribution in [0.3, 0.4) is 0 Å². The molecule has 0 fully saturated rings. The second-order valence-corrected chi connectivity index (χ2v) is 0. The molecule has 0 bridgehead atoms. The van der Waals surface area contributed by atoms with Gasteiger partial charge in [-0.05, 0) is 0 Å². The van der Waals surface area contributed by atoms with Gasteiger partial charge in [-0.15, -0.1) is 0 Å². The van der Waals surface area contributed by atoms with Gasteiger partial charge in [-0.25, -0.2) is 0 Å². The molecular formula is Co2O9Re2. The van der Waals surface area contributed by atoms with Crippen LogP contribution in [-0.4, -0.2) is 0 Å². The number of hydrogen-bond donors (Lipinski definition) is 0. The number of rotatable bonds is 0. The van der Waals surface area contributed by atoms with Crippen LogP contribution in [-0.2, 0) is 124 Å². The predicted octanol–water partition coefficient (Wildman–Crippen LogP) is -1.08. The molecule has 0 aliphatic rings. The zero-order chi connectivity index (χ0) is 0. The fourth-order valence-corrected chi connectivity index (χ4v) is 0. The third-order valence-corrected chi connectivity index (χ3v) is 0. The predicted molar refractivity (Wildman–Crippen MR) is 6.18 cm³/mol. The first-order valence-electron chi connectivity index (χ1n) is 0. The fraction of sp³-hybridized carbons (Fsp3) is 0. The van der Waals surface area contributed by atoms with Crippen molar-refractivity contribution in [1.29, 1.82) is 0 Å². The van der Waals surface area contributed by atoms with Crippen LogP contribution in [0.2, 0.25) is 0 Å². The second kappa shape index (κ2) is 602. The van der Waals surface area contributed by atoms with E-state index in [1.165, 1.54) is 0 Å². The molecule has 9 nitrogen and oxygen atoms in total. The van der Waals surface area contributed by atoms with Crippen LogP contribution in [0.4, 0.5) is 0 Å².